The Hall–Kier alpha value is -1.61. The number of aromatic nitrogens is 1. The van der Waals surface area contributed by atoms with Crippen LogP contribution in [0.15, 0.2) is 36.5 Å². The molecule has 2 aromatic rings. The zero-order chi connectivity index (χ0) is 14.8. The van der Waals surface area contributed by atoms with Gasteiger partial charge in [0.25, 0.3) is 0 Å². The lowest BCUT2D eigenvalue weighted by Crippen LogP contribution is -2.49. The molecule has 116 valence electrons. The summed E-state index contributed by atoms with van der Waals surface area (Å²) in [4.78, 5) is 7.19. The van der Waals surface area contributed by atoms with Crippen LogP contribution in [-0.2, 0) is 0 Å². The first-order valence-corrected chi connectivity index (χ1v) is 8.62. The summed E-state index contributed by atoms with van der Waals surface area (Å²) < 4.78 is 6.22. The SMILES string of the molecule is c1cnc2c(OCC3CCCN4CCCCC34)cccc2c1. The molecular weight excluding hydrogens is 272 g/mol. The number of ether oxygens (including phenoxy) is 1. The third-order valence-corrected chi connectivity index (χ3v) is 5.28. The highest BCUT2D eigenvalue weighted by Gasteiger charge is 2.33. The highest BCUT2D eigenvalue weighted by Crippen LogP contribution is 2.32. The highest BCUT2D eigenvalue weighted by atomic mass is 16.5. The molecule has 2 aliphatic rings. The molecule has 2 saturated heterocycles. The minimum atomic E-state index is 0.674. The summed E-state index contributed by atoms with van der Waals surface area (Å²) in [5.74, 6) is 1.61. The van der Waals surface area contributed by atoms with Crippen LogP contribution in [0.1, 0.15) is 32.1 Å². The van der Waals surface area contributed by atoms with Gasteiger partial charge in [0.05, 0.1) is 6.61 Å². The average Bonchev–Trinajstić information content (AvgIpc) is 2.60. The first-order chi connectivity index (χ1) is 10.9. The molecule has 2 fully saturated rings. The second-order valence-electron chi connectivity index (χ2n) is 6.64. The van der Waals surface area contributed by atoms with E-state index in [1.54, 1.807) is 0 Å². The van der Waals surface area contributed by atoms with Gasteiger partial charge in [-0.1, -0.05) is 24.6 Å². The maximum Gasteiger partial charge on any atom is 0.145 e. The fourth-order valence-electron chi connectivity index (χ4n) is 4.16. The monoisotopic (exact) mass is 296 g/mol. The number of hydrogen-bond acceptors (Lipinski definition) is 3. The molecule has 0 radical (unpaired) electrons. The zero-order valence-electron chi connectivity index (χ0n) is 13.1. The van der Waals surface area contributed by atoms with Crippen LogP contribution in [0.25, 0.3) is 10.9 Å². The third kappa shape index (κ3) is 2.70. The second kappa shape index (κ2) is 6.25. The average molecular weight is 296 g/mol. The Morgan fingerprint density at radius 2 is 1.95 bits per heavy atom. The lowest BCUT2D eigenvalue weighted by atomic mass is 9.84. The number of pyridine rings is 1. The summed E-state index contributed by atoms with van der Waals surface area (Å²) >= 11 is 0. The van der Waals surface area contributed by atoms with E-state index in [1.165, 1.54) is 45.2 Å². The molecule has 3 nitrogen and oxygen atoms in total. The standard InChI is InChI=1S/C19H24N2O/c1-2-12-21-13-5-8-16(17(21)9-1)14-22-18-10-3-6-15-7-4-11-20-19(15)18/h3-4,6-7,10-11,16-17H,1-2,5,8-9,12-14H2. The van der Waals surface area contributed by atoms with Gasteiger partial charge in [-0.2, -0.15) is 0 Å². The molecule has 0 bridgehead atoms. The van der Waals surface area contributed by atoms with Crippen molar-refractivity contribution in [3.63, 3.8) is 0 Å². The van der Waals surface area contributed by atoms with Crippen molar-refractivity contribution in [1.29, 1.82) is 0 Å². The molecule has 3 heteroatoms. The van der Waals surface area contributed by atoms with E-state index in [9.17, 15) is 0 Å². The van der Waals surface area contributed by atoms with Gasteiger partial charge in [-0.3, -0.25) is 9.88 Å². The number of rotatable bonds is 3. The molecule has 4 rings (SSSR count). The summed E-state index contributed by atoms with van der Waals surface area (Å²) in [5, 5.41) is 1.16. The molecule has 0 spiro atoms. The number of fused-ring (bicyclic) bond motifs is 2. The van der Waals surface area contributed by atoms with Crippen molar-refractivity contribution in [3.8, 4) is 5.75 Å². The summed E-state index contributed by atoms with van der Waals surface area (Å²) in [6, 6.07) is 11.0. The van der Waals surface area contributed by atoms with Gasteiger partial charge in [-0.25, -0.2) is 0 Å². The molecule has 1 aromatic carbocycles. The number of para-hydroxylation sites is 1. The largest absolute Gasteiger partial charge is 0.491 e. The fraction of sp³-hybridized carbons (Fsp3) is 0.526. The third-order valence-electron chi connectivity index (χ3n) is 5.28. The van der Waals surface area contributed by atoms with Crippen LogP contribution in [0.2, 0.25) is 0 Å². The van der Waals surface area contributed by atoms with Gasteiger partial charge in [0.1, 0.15) is 11.3 Å². The van der Waals surface area contributed by atoms with Gasteiger partial charge >= 0.3 is 0 Å². The van der Waals surface area contributed by atoms with Gasteiger partial charge in [0, 0.05) is 23.5 Å². The highest BCUT2D eigenvalue weighted by molar-refractivity contribution is 5.84. The van der Waals surface area contributed by atoms with Crippen LogP contribution in [0.3, 0.4) is 0 Å². The number of hydrogen-bond donors (Lipinski definition) is 0. The van der Waals surface area contributed by atoms with Crippen LogP contribution in [-0.4, -0.2) is 35.6 Å². The maximum atomic E-state index is 6.22. The van der Waals surface area contributed by atoms with Crippen LogP contribution in [0, 0.1) is 5.92 Å². The van der Waals surface area contributed by atoms with Crippen LogP contribution in [0.5, 0.6) is 5.75 Å². The predicted molar refractivity (Wildman–Crippen MR) is 89.2 cm³/mol. The Labute approximate surface area is 132 Å². The Kier molecular flexibility index (Phi) is 3.98. The Bertz CT molecular complexity index is 635. The Morgan fingerprint density at radius 1 is 1.05 bits per heavy atom. The molecule has 2 atom stereocenters. The summed E-state index contributed by atoms with van der Waals surface area (Å²) in [6.45, 7) is 3.41. The van der Waals surface area contributed by atoms with Gasteiger partial charge in [-0.15, -0.1) is 0 Å². The van der Waals surface area contributed by atoms with E-state index in [1.807, 2.05) is 12.3 Å². The van der Waals surface area contributed by atoms with Gasteiger partial charge in [0.15, 0.2) is 0 Å². The topological polar surface area (TPSA) is 25.4 Å². The quantitative estimate of drug-likeness (QED) is 0.859. The van der Waals surface area contributed by atoms with E-state index in [4.69, 9.17) is 4.74 Å². The van der Waals surface area contributed by atoms with Crippen molar-refractivity contribution in [2.75, 3.05) is 19.7 Å². The van der Waals surface area contributed by atoms with Crippen LogP contribution >= 0.6 is 0 Å². The van der Waals surface area contributed by atoms with Gasteiger partial charge in [-0.05, 0) is 50.9 Å². The first kappa shape index (κ1) is 14.0. The van der Waals surface area contributed by atoms with Crippen LogP contribution < -0.4 is 4.74 Å². The number of benzene rings is 1. The van der Waals surface area contributed by atoms with E-state index < -0.39 is 0 Å². The number of piperidine rings is 2. The second-order valence-corrected chi connectivity index (χ2v) is 6.64. The molecule has 22 heavy (non-hydrogen) atoms. The summed E-state index contributed by atoms with van der Waals surface area (Å²) in [6.07, 6.45) is 8.57. The van der Waals surface area contributed by atoms with Crippen molar-refractivity contribution in [1.82, 2.24) is 9.88 Å². The van der Waals surface area contributed by atoms with Crippen molar-refractivity contribution < 1.29 is 4.74 Å². The lowest BCUT2D eigenvalue weighted by molar-refractivity contribution is 0.0368. The Balaban J connectivity index is 1.49. The molecule has 0 aliphatic carbocycles. The van der Waals surface area contributed by atoms with E-state index in [-0.39, 0.29) is 0 Å². The van der Waals surface area contributed by atoms with Crippen molar-refractivity contribution in [3.05, 3.63) is 36.5 Å². The molecule has 2 unspecified atom stereocenters. The van der Waals surface area contributed by atoms with Crippen LogP contribution in [0.4, 0.5) is 0 Å². The first-order valence-electron chi connectivity index (χ1n) is 8.62. The fourth-order valence-corrected chi connectivity index (χ4v) is 4.16. The summed E-state index contributed by atoms with van der Waals surface area (Å²) in [7, 11) is 0. The molecule has 1 aromatic heterocycles. The smallest absolute Gasteiger partial charge is 0.145 e. The van der Waals surface area contributed by atoms with E-state index in [0.29, 0.717) is 5.92 Å². The van der Waals surface area contributed by atoms with E-state index >= 15 is 0 Å². The molecule has 0 N–H and O–H groups in total. The molecule has 2 aliphatic heterocycles. The minimum Gasteiger partial charge on any atom is -0.491 e. The molecular formula is C19H24N2O. The number of nitrogens with zero attached hydrogens (tertiary/aromatic N) is 2. The minimum absolute atomic E-state index is 0.674. The van der Waals surface area contributed by atoms with Gasteiger partial charge < -0.3 is 4.74 Å². The van der Waals surface area contributed by atoms with Crippen molar-refractivity contribution >= 4 is 10.9 Å². The molecule has 0 amide bonds. The van der Waals surface area contributed by atoms with E-state index in [2.05, 4.69) is 34.1 Å². The van der Waals surface area contributed by atoms with E-state index in [0.717, 1.165) is 29.3 Å². The van der Waals surface area contributed by atoms with Crippen molar-refractivity contribution in [2.24, 2.45) is 5.92 Å². The Morgan fingerprint density at radius 3 is 2.95 bits per heavy atom. The predicted octanol–water partition coefficient (Wildman–Crippen LogP) is 3.88. The molecule has 3 heterocycles. The summed E-state index contributed by atoms with van der Waals surface area (Å²) in [5.41, 5.74) is 0.987. The van der Waals surface area contributed by atoms with Gasteiger partial charge in [0.2, 0.25) is 0 Å². The maximum absolute atomic E-state index is 6.22. The molecule has 0 saturated carbocycles. The zero-order valence-corrected chi connectivity index (χ0v) is 13.1. The lowest BCUT2D eigenvalue weighted by Gasteiger charge is -2.44. The van der Waals surface area contributed by atoms with Crippen molar-refractivity contribution in [2.45, 2.75) is 38.1 Å². The normalized spacial score (nSPS) is 25.8.